The molecule has 3 unspecified atom stereocenters. The first-order valence-corrected chi connectivity index (χ1v) is 9.52. The van der Waals surface area contributed by atoms with E-state index in [0.29, 0.717) is 24.9 Å². The predicted octanol–water partition coefficient (Wildman–Crippen LogP) is 2.16. The summed E-state index contributed by atoms with van der Waals surface area (Å²) >= 11 is 0. The Balaban J connectivity index is 0.00000196. The summed E-state index contributed by atoms with van der Waals surface area (Å²) in [7, 11) is 0. The minimum absolute atomic E-state index is 0. The number of amides is 2. The molecular formula is C20H28ClN3O2. The average molecular weight is 378 g/mol. The van der Waals surface area contributed by atoms with E-state index in [1.54, 1.807) is 0 Å². The van der Waals surface area contributed by atoms with Gasteiger partial charge in [-0.15, -0.1) is 12.4 Å². The van der Waals surface area contributed by atoms with Crippen molar-refractivity contribution >= 4 is 24.2 Å². The van der Waals surface area contributed by atoms with Gasteiger partial charge in [0.1, 0.15) is 0 Å². The van der Waals surface area contributed by atoms with Gasteiger partial charge in [-0.05, 0) is 49.7 Å². The second kappa shape index (κ2) is 7.97. The van der Waals surface area contributed by atoms with E-state index < -0.39 is 0 Å². The smallest absolute Gasteiger partial charge is 0.253 e. The summed E-state index contributed by atoms with van der Waals surface area (Å²) in [6.45, 7) is 3.07. The van der Waals surface area contributed by atoms with Crippen LogP contribution in [0.2, 0.25) is 0 Å². The van der Waals surface area contributed by atoms with Crippen LogP contribution in [0.15, 0.2) is 30.3 Å². The van der Waals surface area contributed by atoms with Crippen molar-refractivity contribution in [2.24, 2.45) is 23.5 Å². The van der Waals surface area contributed by atoms with Gasteiger partial charge in [-0.2, -0.15) is 0 Å². The van der Waals surface area contributed by atoms with Crippen molar-refractivity contribution in [3.63, 3.8) is 0 Å². The molecule has 2 aliphatic heterocycles. The second-order valence-electron chi connectivity index (χ2n) is 7.84. The van der Waals surface area contributed by atoms with Gasteiger partial charge in [-0.1, -0.05) is 18.2 Å². The Hall–Kier alpha value is -1.59. The molecule has 0 bridgehead atoms. The SMILES string of the molecule is Cl.NC1CCC2CN(C(=O)C3CCN(C(=O)c4ccccc4)CC3)CC12. The first-order valence-electron chi connectivity index (χ1n) is 9.52. The number of piperidine rings is 1. The lowest BCUT2D eigenvalue weighted by atomic mass is 9.94. The maximum Gasteiger partial charge on any atom is 0.253 e. The number of carbonyl (C=O) groups is 2. The molecule has 2 heterocycles. The van der Waals surface area contributed by atoms with Crippen molar-refractivity contribution in [1.29, 1.82) is 0 Å². The van der Waals surface area contributed by atoms with Crippen molar-refractivity contribution < 1.29 is 9.59 Å². The third-order valence-electron chi connectivity index (χ3n) is 6.38. The van der Waals surface area contributed by atoms with Gasteiger partial charge in [0.15, 0.2) is 0 Å². The van der Waals surface area contributed by atoms with Crippen LogP contribution < -0.4 is 5.73 Å². The van der Waals surface area contributed by atoms with E-state index in [1.165, 1.54) is 6.42 Å². The average Bonchev–Trinajstić information content (AvgIpc) is 3.24. The Morgan fingerprint density at radius 3 is 2.27 bits per heavy atom. The summed E-state index contributed by atoms with van der Waals surface area (Å²) in [6.07, 6.45) is 3.82. The highest BCUT2D eigenvalue weighted by atomic mass is 35.5. The fourth-order valence-corrected chi connectivity index (χ4v) is 4.84. The van der Waals surface area contributed by atoms with Crippen LogP contribution in [0.1, 0.15) is 36.0 Å². The molecular weight excluding hydrogens is 350 g/mol. The Labute approximate surface area is 161 Å². The number of hydrogen-bond donors (Lipinski definition) is 1. The molecule has 1 aromatic rings. The highest BCUT2D eigenvalue weighted by molar-refractivity contribution is 5.94. The summed E-state index contributed by atoms with van der Waals surface area (Å²) in [5, 5.41) is 0. The molecule has 3 fully saturated rings. The lowest BCUT2D eigenvalue weighted by Crippen LogP contribution is -2.44. The number of carbonyl (C=O) groups excluding carboxylic acids is 2. The summed E-state index contributed by atoms with van der Waals surface area (Å²) in [6, 6.07) is 9.67. The van der Waals surface area contributed by atoms with Crippen LogP contribution in [0.3, 0.4) is 0 Å². The predicted molar refractivity (Wildman–Crippen MR) is 103 cm³/mol. The first kappa shape index (κ1) is 19.2. The third-order valence-corrected chi connectivity index (χ3v) is 6.38. The molecule has 3 aliphatic rings. The number of nitrogens with two attached hydrogens (primary N) is 1. The van der Waals surface area contributed by atoms with Crippen LogP contribution in [0.4, 0.5) is 0 Å². The minimum atomic E-state index is 0. The summed E-state index contributed by atoms with van der Waals surface area (Å²) < 4.78 is 0. The number of rotatable bonds is 2. The monoisotopic (exact) mass is 377 g/mol. The van der Waals surface area contributed by atoms with Crippen molar-refractivity contribution in [2.75, 3.05) is 26.2 Å². The van der Waals surface area contributed by atoms with E-state index >= 15 is 0 Å². The van der Waals surface area contributed by atoms with Gasteiger partial charge in [0.2, 0.25) is 5.91 Å². The second-order valence-corrected chi connectivity index (χ2v) is 7.84. The Kier molecular flexibility index (Phi) is 5.88. The fourth-order valence-electron chi connectivity index (χ4n) is 4.84. The van der Waals surface area contributed by atoms with E-state index in [9.17, 15) is 9.59 Å². The Morgan fingerprint density at radius 1 is 0.923 bits per heavy atom. The molecule has 0 aromatic heterocycles. The van der Waals surface area contributed by atoms with Crippen LogP contribution >= 0.6 is 12.4 Å². The molecule has 142 valence electrons. The van der Waals surface area contributed by atoms with E-state index in [0.717, 1.165) is 37.9 Å². The van der Waals surface area contributed by atoms with Gasteiger partial charge in [-0.3, -0.25) is 9.59 Å². The lowest BCUT2D eigenvalue weighted by molar-refractivity contribution is -0.136. The normalized spacial score (nSPS) is 28.6. The van der Waals surface area contributed by atoms with Gasteiger partial charge in [0.25, 0.3) is 5.91 Å². The number of nitrogens with zero attached hydrogens (tertiary/aromatic N) is 2. The number of benzene rings is 1. The molecule has 6 heteroatoms. The van der Waals surface area contributed by atoms with Crippen LogP contribution in [0.25, 0.3) is 0 Å². The maximum absolute atomic E-state index is 12.9. The number of likely N-dealkylation sites (tertiary alicyclic amines) is 2. The highest BCUT2D eigenvalue weighted by Gasteiger charge is 2.43. The fraction of sp³-hybridized carbons (Fsp3) is 0.600. The molecule has 26 heavy (non-hydrogen) atoms. The Morgan fingerprint density at radius 2 is 1.62 bits per heavy atom. The van der Waals surface area contributed by atoms with Gasteiger partial charge in [0.05, 0.1) is 0 Å². The molecule has 4 rings (SSSR count). The molecule has 2 N–H and O–H groups in total. The van der Waals surface area contributed by atoms with Crippen molar-refractivity contribution in [3.8, 4) is 0 Å². The molecule has 0 spiro atoms. The molecule has 1 aliphatic carbocycles. The topological polar surface area (TPSA) is 66.6 Å². The van der Waals surface area contributed by atoms with Gasteiger partial charge in [-0.25, -0.2) is 0 Å². The molecule has 2 saturated heterocycles. The Bertz CT molecular complexity index is 646. The van der Waals surface area contributed by atoms with E-state index in [-0.39, 0.29) is 36.2 Å². The minimum Gasteiger partial charge on any atom is -0.342 e. The molecule has 3 atom stereocenters. The van der Waals surface area contributed by atoms with Crippen LogP contribution in [0.5, 0.6) is 0 Å². The van der Waals surface area contributed by atoms with Crippen LogP contribution in [0, 0.1) is 17.8 Å². The number of fused-ring (bicyclic) bond motifs is 1. The maximum atomic E-state index is 12.9. The van der Waals surface area contributed by atoms with Crippen molar-refractivity contribution in [2.45, 2.75) is 31.7 Å². The highest BCUT2D eigenvalue weighted by Crippen LogP contribution is 2.38. The van der Waals surface area contributed by atoms with Gasteiger partial charge in [0, 0.05) is 43.7 Å². The van der Waals surface area contributed by atoms with E-state index in [2.05, 4.69) is 0 Å². The third kappa shape index (κ3) is 3.60. The lowest BCUT2D eigenvalue weighted by Gasteiger charge is -2.33. The van der Waals surface area contributed by atoms with Crippen LogP contribution in [-0.2, 0) is 4.79 Å². The molecule has 5 nitrogen and oxygen atoms in total. The van der Waals surface area contributed by atoms with Crippen LogP contribution in [-0.4, -0.2) is 53.8 Å². The molecule has 1 saturated carbocycles. The quantitative estimate of drug-likeness (QED) is 0.858. The van der Waals surface area contributed by atoms with Gasteiger partial charge < -0.3 is 15.5 Å². The zero-order chi connectivity index (χ0) is 17.4. The zero-order valence-corrected chi connectivity index (χ0v) is 15.9. The van der Waals surface area contributed by atoms with E-state index in [4.69, 9.17) is 5.73 Å². The van der Waals surface area contributed by atoms with E-state index in [1.807, 2.05) is 40.1 Å². The number of halogens is 1. The summed E-state index contributed by atoms with van der Waals surface area (Å²) in [5.41, 5.74) is 6.92. The molecule has 1 aromatic carbocycles. The van der Waals surface area contributed by atoms with Gasteiger partial charge >= 0.3 is 0 Å². The molecule has 2 amide bonds. The standard InChI is InChI=1S/C20H27N3O2.ClH/c21-18-7-6-16-12-23(13-17(16)18)20(25)15-8-10-22(11-9-15)19(24)14-4-2-1-3-5-14;/h1-5,15-18H,6-13,21H2;1H. The largest absolute Gasteiger partial charge is 0.342 e. The van der Waals surface area contributed by atoms with Crippen molar-refractivity contribution in [3.05, 3.63) is 35.9 Å². The first-order chi connectivity index (χ1) is 12.1. The molecule has 0 radical (unpaired) electrons. The summed E-state index contributed by atoms with van der Waals surface area (Å²) in [4.78, 5) is 29.3. The van der Waals surface area contributed by atoms with Crippen molar-refractivity contribution in [1.82, 2.24) is 9.80 Å². The summed E-state index contributed by atoms with van der Waals surface area (Å²) in [5.74, 6) is 1.54. The number of hydrogen-bond acceptors (Lipinski definition) is 3. The zero-order valence-electron chi connectivity index (χ0n) is 15.0.